The lowest BCUT2D eigenvalue weighted by atomic mass is 10.1. The van der Waals surface area contributed by atoms with E-state index in [0.717, 1.165) is 12.1 Å². The predicted octanol–water partition coefficient (Wildman–Crippen LogP) is 1.22. The fraction of sp³-hybridized carbons (Fsp3) is 0.125. The maximum absolute atomic E-state index is 12.5. The number of halogens is 3. The van der Waals surface area contributed by atoms with Gasteiger partial charge < -0.3 is 0 Å². The van der Waals surface area contributed by atoms with E-state index >= 15 is 0 Å². The highest BCUT2D eigenvalue weighted by Crippen LogP contribution is 2.34. The van der Waals surface area contributed by atoms with Crippen LogP contribution in [0.5, 0.6) is 0 Å². The van der Waals surface area contributed by atoms with E-state index < -0.39 is 32.2 Å². The number of primary sulfonamides is 1. The first-order chi connectivity index (χ1) is 7.18. The van der Waals surface area contributed by atoms with Gasteiger partial charge in [-0.15, -0.1) is 0 Å². The zero-order valence-corrected chi connectivity index (χ0v) is 8.43. The molecular formula is C8H5F3N2O2S. The van der Waals surface area contributed by atoms with E-state index in [1.165, 1.54) is 6.07 Å². The van der Waals surface area contributed by atoms with Crippen molar-refractivity contribution < 1.29 is 21.6 Å². The Labute approximate surface area is 89.2 Å². The summed E-state index contributed by atoms with van der Waals surface area (Å²) in [7, 11) is -4.60. The number of benzene rings is 1. The van der Waals surface area contributed by atoms with E-state index in [4.69, 9.17) is 5.26 Å². The van der Waals surface area contributed by atoms with Crippen LogP contribution in [0, 0.1) is 11.3 Å². The minimum atomic E-state index is -4.88. The first kappa shape index (κ1) is 12.5. The Balaban J connectivity index is 3.73. The van der Waals surface area contributed by atoms with Gasteiger partial charge in [-0.05, 0) is 12.1 Å². The largest absolute Gasteiger partial charge is 0.417 e. The molecule has 0 aromatic heterocycles. The zero-order chi connectivity index (χ0) is 12.6. The monoisotopic (exact) mass is 250 g/mol. The van der Waals surface area contributed by atoms with Gasteiger partial charge in [-0.1, -0.05) is 6.07 Å². The molecule has 1 rings (SSSR count). The molecule has 0 spiro atoms. The van der Waals surface area contributed by atoms with Gasteiger partial charge in [0.2, 0.25) is 10.0 Å². The number of nitrogens with two attached hydrogens (primary N) is 1. The molecule has 0 bridgehead atoms. The van der Waals surface area contributed by atoms with Crippen LogP contribution >= 0.6 is 0 Å². The summed E-state index contributed by atoms with van der Waals surface area (Å²) in [6, 6.07) is 3.81. The van der Waals surface area contributed by atoms with Crippen molar-refractivity contribution in [1.29, 1.82) is 5.26 Å². The molecule has 86 valence electrons. The van der Waals surface area contributed by atoms with Gasteiger partial charge in [-0.25, -0.2) is 13.6 Å². The van der Waals surface area contributed by atoms with Crippen LogP contribution in [0.4, 0.5) is 13.2 Å². The van der Waals surface area contributed by atoms with Crippen molar-refractivity contribution >= 4 is 10.0 Å². The summed E-state index contributed by atoms with van der Waals surface area (Å²) in [6.45, 7) is 0. The zero-order valence-electron chi connectivity index (χ0n) is 7.62. The van der Waals surface area contributed by atoms with E-state index in [9.17, 15) is 21.6 Å². The predicted molar refractivity (Wildman–Crippen MR) is 47.5 cm³/mol. The second-order valence-electron chi connectivity index (χ2n) is 2.84. The summed E-state index contributed by atoms with van der Waals surface area (Å²) in [4.78, 5) is -1.19. The molecule has 0 saturated carbocycles. The van der Waals surface area contributed by atoms with Gasteiger partial charge in [0.25, 0.3) is 0 Å². The maximum Gasteiger partial charge on any atom is 0.417 e. The Morgan fingerprint density at radius 3 is 2.25 bits per heavy atom. The molecule has 4 nitrogen and oxygen atoms in total. The minimum Gasteiger partial charge on any atom is -0.225 e. The van der Waals surface area contributed by atoms with Crippen LogP contribution in [0.2, 0.25) is 0 Å². The summed E-state index contributed by atoms with van der Waals surface area (Å²) in [6.07, 6.45) is -4.88. The molecule has 0 radical (unpaired) electrons. The molecule has 0 aliphatic carbocycles. The smallest absolute Gasteiger partial charge is 0.225 e. The van der Waals surface area contributed by atoms with Crippen LogP contribution in [-0.4, -0.2) is 8.42 Å². The first-order valence-electron chi connectivity index (χ1n) is 3.81. The average Bonchev–Trinajstić information content (AvgIpc) is 2.13. The van der Waals surface area contributed by atoms with Crippen LogP contribution in [0.15, 0.2) is 23.1 Å². The molecule has 0 amide bonds. The highest BCUT2D eigenvalue weighted by atomic mass is 32.2. The molecule has 0 aliphatic heterocycles. The first-order valence-corrected chi connectivity index (χ1v) is 5.35. The quantitative estimate of drug-likeness (QED) is 0.813. The van der Waals surface area contributed by atoms with E-state index in [1.807, 2.05) is 0 Å². The van der Waals surface area contributed by atoms with Crippen molar-refractivity contribution in [1.82, 2.24) is 0 Å². The molecule has 1 aromatic rings. The summed E-state index contributed by atoms with van der Waals surface area (Å²) in [5.74, 6) is 0. The summed E-state index contributed by atoms with van der Waals surface area (Å²) >= 11 is 0. The maximum atomic E-state index is 12.5. The number of sulfonamides is 1. The van der Waals surface area contributed by atoms with E-state index in [-0.39, 0.29) is 0 Å². The van der Waals surface area contributed by atoms with Crippen LogP contribution < -0.4 is 5.14 Å². The molecular weight excluding hydrogens is 245 g/mol. The summed E-state index contributed by atoms with van der Waals surface area (Å²) < 4.78 is 59.4. The van der Waals surface area contributed by atoms with Crippen molar-refractivity contribution in [3.8, 4) is 6.07 Å². The minimum absolute atomic E-state index is 0.556. The Bertz CT molecular complexity index is 558. The van der Waals surface area contributed by atoms with Gasteiger partial charge in [0.15, 0.2) is 0 Å². The van der Waals surface area contributed by atoms with Crippen molar-refractivity contribution in [2.45, 2.75) is 11.1 Å². The molecule has 2 N–H and O–H groups in total. The number of hydrogen-bond donors (Lipinski definition) is 1. The molecule has 0 heterocycles. The average molecular weight is 250 g/mol. The molecule has 8 heteroatoms. The van der Waals surface area contributed by atoms with Crippen molar-refractivity contribution in [3.63, 3.8) is 0 Å². The van der Waals surface area contributed by atoms with Gasteiger partial charge >= 0.3 is 6.18 Å². The number of hydrogen-bond acceptors (Lipinski definition) is 3. The third-order valence-corrected chi connectivity index (χ3v) is 2.73. The molecule has 0 saturated heterocycles. The van der Waals surface area contributed by atoms with E-state index in [2.05, 4.69) is 5.14 Å². The normalized spacial score (nSPS) is 12.2. The van der Waals surface area contributed by atoms with E-state index in [1.54, 1.807) is 0 Å². The SMILES string of the molecule is N#Cc1cccc(C(F)(F)F)c1S(N)(=O)=O. The van der Waals surface area contributed by atoms with Crippen LogP contribution in [0.1, 0.15) is 11.1 Å². The lowest BCUT2D eigenvalue weighted by Gasteiger charge is -2.11. The second kappa shape index (κ2) is 3.77. The third-order valence-electron chi connectivity index (χ3n) is 1.73. The fourth-order valence-electron chi connectivity index (χ4n) is 1.15. The highest BCUT2D eigenvalue weighted by Gasteiger charge is 2.37. The lowest BCUT2D eigenvalue weighted by Crippen LogP contribution is -2.20. The second-order valence-corrected chi connectivity index (χ2v) is 4.34. The van der Waals surface area contributed by atoms with Gasteiger partial charge in [-0.2, -0.15) is 18.4 Å². The van der Waals surface area contributed by atoms with Crippen molar-refractivity contribution in [3.05, 3.63) is 29.3 Å². The summed E-state index contributed by atoms with van der Waals surface area (Å²) in [5, 5.41) is 13.2. The molecule has 0 unspecified atom stereocenters. The van der Waals surface area contributed by atoms with Gasteiger partial charge in [0, 0.05) is 0 Å². The van der Waals surface area contributed by atoms with E-state index in [0.29, 0.717) is 6.07 Å². The Morgan fingerprint density at radius 1 is 1.31 bits per heavy atom. The molecule has 0 atom stereocenters. The molecule has 1 aromatic carbocycles. The third kappa shape index (κ3) is 2.32. The Kier molecular flexibility index (Phi) is 2.94. The van der Waals surface area contributed by atoms with Gasteiger partial charge in [0.1, 0.15) is 11.0 Å². The topological polar surface area (TPSA) is 83.9 Å². The lowest BCUT2D eigenvalue weighted by molar-refractivity contribution is -0.139. The standard InChI is InChI=1S/C8H5F3N2O2S/c9-8(10,11)6-3-1-2-5(4-12)7(6)16(13,14)15/h1-3H,(H2,13,14,15). The van der Waals surface area contributed by atoms with Crippen LogP contribution in [0.3, 0.4) is 0 Å². The molecule has 16 heavy (non-hydrogen) atoms. The summed E-state index contributed by atoms with van der Waals surface area (Å²) in [5.41, 5.74) is -2.06. The number of alkyl halides is 3. The van der Waals surface area contributed by atoms with Gasteiger partial charge in [-0.3, -0.25) is 0 Å². The van der Waals surface area contributed by atoms with Crippen molar-refractivity contribution in [2.75, 3.05) is 0 Å². The molecule has 0 fully saturated rings. The van der Waals surface area contributed by atoms with Crippen LogP contribution in [-0.2, 0) is 16.2 Å². The number of nitrogens with zero attached hydrogens (tertiary/aromatic N) is 1. The van der Waals surface area contributed by atoms with Gasteiger partial charge in [0.05, 0.1) is 11.1 Å². The Morgan fingerprint density at radius 2 is 1.88 bits per heavy atom. The number of nitriles is 1. The van der Waals surface area contributed by atoms with Crippen molar-refractivity contribution in [2.24, 2.45) is 5.14 Å². The molecule has 0 aliphatic rings. The highest BCUT2D eigenvalue weighted by molar-refractivity contribution is 7.89. The number of rotatable bonds is 1. The van der Waals surface area contributed by atoms with Crippen LogP contribution in [0.25, 0.3) is 0 Å². The Hall–Kier alpha value is -1.59. The fourth-order valence-corrected chi connectivity index (χ4v) is 2.07.